The first-order chi connectivity index (χ1) is 12.8. The fourth-order valence-electron chi connectivity index (χ4n) is 2.79. The summed E-state index contributed by atoms with van der Waals surface area (Å²) in [6.45, 7) is 7.40. The number of aromatic nitrogens is 4. The lowest BCUT2D eigenvalue weighted by Crippen LogP contribution is -2.50. The average Bonchev–Trinajstić information content (AvgIpc) is 3.13. The van der Waals surface area contributed by atoms with Crippen LogP contribution in [0.1, 0.15) is 26.5 Å². The van der Waals surface area contributed by atoms with Gasteiger partial charge in [0.1, 0.15) is 0 Å². The van der Waals surface area contributed by atoms with Crippen LogP contribution in [0.3, 0.4) is 0 Å². The van der Waals surface area contributed by atoms with Gasteiger partial charge in [-0.2, -0.15) is 0 Å². The van der Waals surface area contributed by atoms with Crippen LogP contribution in [0.5, 0.6) is 0 Å². The largest absolute Gasteiger partial charge is 0.335 e. The summed E-state index contributed by atoms with van der Waals surface area (Å²) in [6.07, 6.45) is 7.13. The van der Waals surface area contributed by atoms with Crippen molar-refractivity contribution in [2.75, 3.05) is 7.05 Å². The van der Waals surface area contributed by atoms with Gasteiger partial charge in [-0.3, -0.25) is 4.98 Å². The van der Waals surface area contributed by atoms with Gasteiger partial charge in [0, 0.05) is 26.0 Å². The fourth-order valence-corrected chi connectivity index (χ4v) is 2.79. The van der Waals surface area contributed by atoms with E-state index in [9.17, 15) is 4.79 Å². The molecule has 0 fully saturated rings. The number of hydrogen-bond donors (Lipinski definition) is 1. The van der Waals surface area contributed by atoms with Gasteiger partial charge >= 0.3 is 6.03 Å². The van der Waals surface area contributed by atoms with Crippen molar-refractivity contribution in [3.8, 4) is 0 Å². The summed E-state index contributed by atoms with van der Waals surface area (Å²) >= 11 is 0. The van der Waals surface area contributed by atoms with E-state index in [1.165, 1.54) is 0 Å². The minimum Gasteiger partial charge on any atom is -0.335 e. The van der Waals surface area contributed by atoms with Gasteiger partial charge in [-0.05, 0) is 17.5 Å². The van der Waals surface area contributed by atoms with Crippen molar-refractivity contribution in [2.45, 2.75) is 39.9 Å². The lowest BCUT2D eigenvalue weighted by atomic mass is 9.86. The van der Waals surface area contributed by atoms with Crippen LogP contribution in [0.15, 0.2) is 49.2 Å². The Balaban J connectivity index is 1.67. The molecule has 7 nitrogen and oxygen atoms in total. The number of carbonyl (C=O) groups is 1. The van der Waals surface area contributed by atoms with Crippen LogP contribution in [-0.4, -0.2) is 43.5 Å². The van der Waals surface area contributed by atoms with E-state index >= 15 is 0 Å². The third-order valence-electron chi connectivity index (χ3n) is 4.54. The molecular formula is C20H26N6O. The Hall–Kier alpha value is -2.96. The highest BCUT2D eigenvalue weighted by Gasteiger charge is 2.27. The number of nitrogens with zero attached hydrogens (tertiary/aromatic N) is 5. The van der Waals surface area contributed by atoms with E-state index in [2.05, 4.69) is 41.0 Å². The van der Waals surface area contributed by atoms with Crippen molar-refractivity contribution >= 4 is 17.1 Å². The topological polar surface area (TPSA) is 75.9 Å². The highest BCUT2D eigenvalue weighted by molar-refractivity contribution is 5.75. The summed E-state index contributed by atoms with van der Waals surface area (Å²) in [5, 5.41) is 3.14. The predicted molar refractivity (Wildman–Crippen MR) is 105 cm³/mol. The molecule has 2 heterocycles. The number of rotatable bonds is 5. The first-order valence-electron chi connectivity index (χ1n) is 9.01. The van der Waals surface area contributed by atoms with Crippen LogP contribution in [0.25, 0.3) is 11.0 Å². The van der Waals surface area contributed by atoms with Crippen LogP contribution >= 0.6 is 0 Å². The Morgan fingerprint density at radius 3 is 2.67 bits per heavy atom. The summed E-state index contributed by atoms with van der Waals surface area (Å²) in [7, 11) is 1.77. The molecule has 27 heavy (non-hydrogen) atoms. The maximum absolute atomic E-state index is 12.7. The monoisotopic (exact) mass is 366 g/mol. The SMILES string of the molecule is CN(Cc1cnc2ccccc2n1)C(=O)NC(Cn1ccnc1)C(C)(C)C. The van der Waals surface area contributed by atoms with Crippen LogP contribution in [0.2, 0.25) is 0 Å². The van der Waals surface area contributed by atoms with Crippen LogP contribution in [-0.2, 0) is 13.1 Å². The Morgan fingerprint density at radius 2 is 2.00 bits per heavy atom. The van der Waals surface area contributed by atoms with Crippen molar-refractivity contribution in [1.82, 2.24) is 29.7 Å². The van der Waals surface area contributed by atoms with Crippen LogP contribution < -0.4 is 5.32 Å². The van der Waals surface area contributed by atoms with Crippen LogP contribution in [0.4, 0.5) is 4.79 Å². The van der Waals surface area contributed by atoms with Crippen molar-refractivity contribution < 1.29 is 4.79 Å². The van der Waals surface area contributed by atoms with Crippen molar-refractivity contribution in [2.24, 2.45) is 5.41 Å². The van der Waals surface area contributed by atoms with Gasteiger partial charge in [-0.25, -0.2) is 14.8 Å². The summed E-state index contributed by atoms with van der Waals surface area (Å²) in [5.41, 5.74) is 2.34. The summed E-state index contributed by atoms with van der Waals surface area (Å²) < 4.78 is 1.98. The summed E-state index contributed by atoms with van der Waals surface area (Å²) in [4.78, 5) is 27.4. The van der Waals surface area contributed by atoms with Crippen molar-refractivity contribution in [3.05, 3.63) is 54.9 Å². The molecule has 0 aliphatic carbocycles. The number of carbonyl (C=O) groups excluding carboxylic acids is 1. The van der Waals surface area contributed by atoms with Crippen molar-refractivity contribution in [1.29, 1.82) is 0 Å². The maximum Gasteiger partial charge on any atom is 0.317 e. The first-order valence-corrected chi connectivity index (χ1v) is 9.01. The molecule has 3 rings (SSSR count). The van der Waals surface area contributed by atoms with Gasteiger partial charge in [-0.1, -0.05) is 32.9 Å². The third-order valence-corrected chi connectivity index (χ3v) is 4.54. The van der Waals surface area contributed by atoms with E-state index in [0.29, 0.717) is 13.1 Å². The molecule has 1 unspecified atom stereocenters. The van der Waals surface area contributed by atoms with Gasteiger partial charge < -0.3 is 14.8 Å². The predicted octanol–water partition coefficient (Wildman–Crippen LogP) is 3.08. The van der Waals surface area contributed by atoms with Gasteiger partial charge in [0.25, 0.3) is 0 Å². The first kappa shape index (κ1) is 18.8. The zero-order valence-electron chi connectivity index (χ0n) is 16.3. The second-order valence-corrected chi connectivity index (χ2v) is 7.83. The number of benzene rings is 1. The molecule has 0 radical (unpaired) electrons. The molecule has 7 heteroatoms. The Bertz CT molecular complexity index is 900. The molecule has 2 aromatic heterocycles. The van der Waals surface area contributed by atoms with E-state index < -0.39 is 0 Å². The smallest absolute Gasteiger partial charge is 0.317 e. The zero-order valence-corrected chi connectivity index (χ0v) is 16.3. The molecule has 0 saturated carbocycles. The number of urea groups is 1. The van der Waals surface area contributed by atoms with Gasteiger partial charge in [0.05, 0.1) is 41.8 Å². The van der Waals surface area contributed by atoms with Crippen molar-refractivity contribution in [3.63, 3.8) is 0 Å². The van der Waals surface area contributed by atoms with E-state index in [4.69, 9.17) is 0 Å². The second kappa shape index (κ2) is 7.73. The number of imidazole rings is 1. The summed E-state index contributed by atoms with van der Waals surface area (Å²) in [5.74, 6) is 0. The molecule has 3 aromatic rings. The van der Waals surface area contributed by atoms with E-state index in [0.717, 1.165) is 16.7 Å². The lowest BCUT2D eigenvalue weighted by molar-refractivity contribution is 0.180. The molecule has 0 bridgehead atoms. The molecule has 1 aromatic carbocycles. The molecule has 0 aliphatic heterocycles. The number of fused-ring (bicyclic) bond motifs is 1. The Labute approximate surface area is 159 Å². The minimum atomic E-state index is -0.134. The van der Waals surface area contributed by atoms with Gasteiger partial charge in [-0.15, -0.1) is 0 Å². The standard InChI is InChI=1S/C20H26N6O/c1-20(2,3)18(13-26-10-9-21-14-26)24-19(27)25(4)12-15-11-22-16-7-5-6-8-17(16)23-15/h5-11,14,18H,12-13H2,1-4H3,(H,24,27). The quantitative estimate of drug-likeness (QED) is 0.753. The molecular weight excluding hydrogens is 340 g/mol. The molecule has 142 valence electrons. The van der Waals surface area contributed by atoms with E-state index in [1.807, 2.05) is 35.0 Å². The molecule has 1 atom stereocenters. The maximum atomic E-state index is 12.7. The molecule has 0 spiro atoms. The Morgan fingerprint density at radius 1 is 1.26 bits per heavy atom. The number of amides is 2. The fraction of sp³-hybridized carbons (Fsp3) is 0.400. The Kier molecular flexibility index (Phi) is 5.39. The molecule has 2 amide bonds. The third kappa shape index (κ3) is 4.81. The summed E-state index contributed by atoms with van der Waals surface area (Å²) in [6, 6.07) is 7.54. The van der Waals surface area contributed by atoms with Crippen LogP contribution in [0, 0.1) is 5.41 Å². The van der Waals surface area contributed by atoms with E-state index in [1.54, 1.807) is 30.7 Å². The second-order valence-electron chi connectivity index (χ2n) is 7.83. The number of nitrogens with one attached hydrogen (secondary N) is 1. The van der Waals surface area contributed by atoms with Gasteiger partial charge in [0.2, 0.25) is 0 Å². The lowest BCUT2D eigenvalue weighted by Gasteiger charge is -2.33. The average molecular weight is 366 g/mol. The molecule has 0 aliphatic rings. The normalized spacial score (nSPS) is 12.7. The number of hydrogen-bond acceptors (Lipinski definition) is 4. The zero-order chi connectivity index (χ0) is 19.4. The molecule has 1 N–H and O–H groups in total. The van der Waals surface area contributed by atoms with E-state index in [-0.39, 0.29) is 17.5 Å². The minimum absolute atomic E-state index is 0.0377. The van der Waals surface area contributed by atoms with Gasteiger partial charge in [0.15, 0.2) is 0 Å². The highest BCUT2D eigenvalue weighted by atomic mass is 16.2. The molecule has 0 saturated heterocycles. The number of para-hydroxylation sites is 2. The highest BCUT2D eigenvalue weighted by Crippen LogP contribution is 2.21.